The van der Waals surface area contributed by atoms with Crippen molar-refractivity contribution in [3.8, 4) is 11.4 Å². The maximum Gasteiger partial charge on any atom is 0.328 e. The maximum atomic E-state index is 12.4. The number of nitrogens with one attached hydrogen (secondary N) is 2. The highest BCUT2D eigenvalue weighted by Gasteiger charge is 2.16. The Hall–Kier alpha value is -3.74. The van der Waals surface area contributed by atoms with Gasteiger partial charge in [0.2, 0.25) is 5.91 Å². The highest BCUT2D eigenvalue weighted by atomic mass is 16.2. The lowest BCUT2D eigenvalue weighted by molar-refractivity contribution is -0.116. The zero-order valence-electron chi connectivity index (χ0n) is 14.6. The molecule has 0 aliphatic rings. The first-order valence-corrected chi connectivity index (χ1v) is 8.49. The number of rotatable bonds is 4. The molecule has 2 heterocycles. The third kappa shape index (κ3) is 3.35. The Balaban J connectivity index is 1.69. The summed E-state index contributed by atoms with van der Waals surface area (Å²) < 4.78 is 1.36. The number of para-hydroxylation sites is 1. The van der Waals surface area contributed by atoms with E-state index < -0.39 is 5.69 Å². The van der Waals surface area contributed by atoms with E-state index in [1.165, 1.54) is 4.57 Å². The molecule has 0 aliphatic heterocycles. The number of H-pyrrole nitrogens is 1. The molecule has 7 heteroatoms. The van der Waals surface area contributed by atoms with Crippen LogP contribution in [0.2, 0.25) is 0 Å². The number of aromatic nitrogens is 4. The number of aromatic amines is 1. The quantitative estimate of drug-likeness (QED) is 0.586. The second-order valence-corrected chi connectivity index (χ2v) is 6.13. The van der Waals surface area contributed by atoms with E-state index in [1.54, 1.807) is 19.1 Å². The van der Waals surface area contributed by atoms with E-state index in [0.717, 1.165) is 5.56 Å². The van der Waals surface area contributed by atoms with Crippen molar-refractivity contribution in [3.63, 3.8) is 0 Å². The van der Waals surface area contributed by atoms with E-state index in [0.29, 0.717) is 28.4 Å². The van der Waals surface area contributed by atoms with Gasteiger partial charge in [0.1, 0.15) is 12.1 Å². The van der Waals surface area contributed by atoms with Crippen LogP contribution in [0.5, 0.6) is 0 Å². The van der Waals surface area contributed by atoms with Gasteiger partial charge in [-0.15, -0.1) is 0 Å². The minimum atomic E-state index is -0.393. The maximum absolute atomic E-state index is 12.4. The number of hydrogen-bond acceptors (Lipinski definition) is 4. The average molecular weight is 359 g/mol. The number of carbonyl (C=O) groups is 1. The van der Waals surface area contributed by atoms with Crippen LogP contribution in [0.15, 0.2) is 65.5 Å². The molecule has 1 amide bonds. The normalized spacial score (nSPS) is 10.9. The van der Waals surface area contributed by atoms with Gasteiger partial charge < -0.3 is 5.32 Å². The number of fused-ring (bicyclic) bond motifs is 1. The first-order valence-electron chi connectivity index (χ1n) is 8.49. The Bertz CT molecular complexity index is 1160. The van der Waals surface area contributed by atoms with Crippen LogP contribution in [-0.4, -0.2) is 25.4 Å². The predicted molar refractivity (Wildman–Crippen MR) is 103 cm³/mol. The number of benzene rings is 2. The molecule has 0 aliphatic carbocycles. The molecule has 4 rings (SSSR count). The smallest absolute Gasteiger partial charge is 0.325 e. The van der Waals surface area contributed by atoms with Crippen molar-refractivity contribution in [2.75, 3.05) is 5.32 Å². The zero-order chi connectivity index (χ0) is 18.8. The molecule has 0 spiro atoms. The molecule has 134 valence electrons. The highest BCUT2D eigenvalue weighted by molar-refractivity contribution is 5.91. The van der Waals surface area contributed by atoms with E-state index in [1.807, 2.05) is 48.5 Å². The Kier molecular flexibility index (Phi) is 4.25. The molecule has 0 fully saturated rings. The second kappa shape index (κ2) is 6.87. The Labute approximate surface area is 154 Å². The number of anilines is 1. The van der Waals surface area contributed by atoms with Gasteiger partial charge in [-0.25, -0.2) is 14.8 Å². The van der Waals surface area contributed by atoms with Crippen LogP contribution in [-0.2, 0) is 11.3 Å². The molecule has 0 atom stereocenters. The number of hydrogen-bond donors (Lipinski definition) is 2. The van der Waals surface area contributed by atoms with Crippen LogP contribution in [0.25, 0.3) is 22.6 Å². The van der Waals surface area contributed by atoms with Crippen LogP contribution in [0.4, 0.5) is 5.69 Å². The molecule has 0 saturated heterocycles. The van der Waals surface area contributed by atoms with Gasteiger partial charge in [-0.2, -0.15) is 0 Å². The lowest BCUT2D eigenvalue weighted by atomic mass is 10.2. The monoisotopic (exact) mass is 359 g/mol. The largest absolute Gasteiger partial charge is 0.328 e. The topological polar surface area (TPSA) is 92.7 Å². The van der Waals surface area contributed by atoms with Crippen LogP contribution in [0.1, 0.15) is 5.69 Å². The molecular weight excluding hydrogens is 342 g/mol. The van der Waals surface area contributed by atoms with E-state index >= 15 is 0 Å². The SMILES string of the molecule is Cc1nc(-c2ccccc2)nc2[nH]c(=O)n(CC(=O)Nc3ccccc3)c12. The fourth-order valence-electron chi connectivity index (χ4n) is 2.98. The van der Waals surface area contributed by atoms with Gasteiger partial charge in [-0.1, -0.05) is 48.5 Å². The summed E-state index contributed by atoms with van der Waals surface area (Å²) >= 11 is 0. The van der Waals surface area contributed by atoms with Gasteiger partial charge in [0.25, 0.3) is 0 Å². The van der Waals surface area contributed by atoms with Gasteiger partial charge >= 0.3 is 5.69 Å². The number of imidazole rings is 1. The third-order valence-corrected chi connectivity index (χ3v) is 4.19. The summed E-state index contributed by atoms with van der Waals surface area (Å²) in [7, 11) is 0. The number of amides is 1. The molecule has 4 aromatic rings. The van der Waals surface area contributed by atoms with Crippen molar-refractivity contribution in [2.24, 2.45) is 0 Å². The highest BCUT2D eigenvalue weighted by Crippen LogP contribution is 2.19. The van der Waals surface area contributed by atoms with Crippen LogP contribution < -0.4 is 11.0 Å². The van der Waals surface area contributed by atoms with Crippen molar-refractivity contribution >= 4 is 22.8 Å². The molecule has 0 radical (unpaired) electrons. The van der Waals surface area contributed by atoms with E-state index in [4.69, 9.17) is 0 Å². The van der Waals surface area contributed by atoms with Gasteiger partial charge in [-0.3, -0.25) is 14.3 Å². The molecule has 0 bridgehead atoms. The molecule has 2 aromatic carbocycles. The minimum absolute atomic E-state index is 0.122. The van der Waals surface area contributed by atoms with E-state index in [2.05, 4.69) is 20.3 Å². The minimum Gasteiger partial charge on any atom is -0.325 e. The van der Waals surface area contributed by atoms with Gasteiger partial charge in [-0.05, 0) is 19.1 Å². The molecule has 2 N–H and O–H groups in total. The second-order valence-electron chi connectivity index (χ2n) is 6.13. The Morgan fingerprint density at radius 3 is 2.41 bits per heavy atom. The first-order chi connectivity index (χ1) is 13.1. The summed E-state index contributed by atoms with van der Waals surface area (Å²) in [4.78, 5) is 36.4. The lowest BCUT2D eigenvalue weighted by Gasteiger charge is -2.08. The van der Waals surface area contributed by atoms with Crippen molar-refractivity contribution in [2.45, 2.75) is 13.5 Å². The van der Waals surface area contributed by atoms with Crippen molar-refractivity contribution in [1.82, 2.24) is 19.5 Å². The number of carbonyl (C=O) groups excluding carboxylic acids is 1. The molecular formula is C20H17N5O2. The summed E-state index contributed by atoms with van der Waals surface area (Å²) in [6, 6.07) is 18.6. The van der Waals surface area contributed by atoms with Crippen LogP contribution in [0, 0.1) is 6.92 Å². The van der Waals surface area contributed by atoms with Crippen LogP contribution >= 0.6 is 0 Å². The summed E-state index contributed by atoms with van der Waals surface area (Å²) in [5, 5.41) is 2.78. The van der Waals surface area contributed by atoms with Crippen molar-refractivity contribution in [3.05, 3.63) is 76.8 Å². The van der Waals surface area contributed by atoms with Gasteiger partial charge in [0.05, 0.1) is 5.69 Å². The standard InChI is InChI=1S/C20H17N5O2/c1-13-17-19(23-18(21-13)14-8-4-2-5-9-14)24-20(27)25(17)12-16(26)22-15-10-6-3-7-11-15/h2-11H,12H2,1H3,(H,22,26)(H,21,23,24,27). The molecule has 7 nitrogen and oxygen atoms in total. The molecule has 27 heavy (non-hydrogen) atoms. The van der Waals surface area contributed by atoms with E-state index in [-0.39, 0.29) is 12.5 Å². The lowest BCUT2D eigenvalue weighted by Crippen LogP contribution is -2.26. The molecule has 0 unspecified atom stereocenters. The Morgan fingerprint density at radius 1 is 1.04 bits per heavy atom. The fraction of sp³-hybridized carbons (Fsp3) is 0.100. The molecule has 0 saturated carbocycles. The van der Waals surface area contributed by atoms with Gasteiger partial charge in [0, 0.05) is 11.3 Å². The summed E-state index contributed by atoms with van der Waals surface area (Å²) in [6.07, 6.45) is 0. The van der Waals surface area contributed by atoms with Gasteiger partial charge in [0.15, 0.2) is 11.5 Å². The zero-order valence-corrected chi connectivity index (χ0v) is 14.6. The first kappa shape index (κ1) is 16.7. The predicted octanol–water partition coefficient (Wildman–Crippen LogP) is 2.73. The Morgan fingerprint density at radius 2 is 1.70 bits per heavy atom. The fourth-order valence-corrected chi connectivity index (χ4v) is 2.98. The average Bonchev–Trinajstić information content (AvgIpc) is 2.99. The van der Waals surface area contributed by atoms with Crippen LogP contribution in [0.3, 0.4) is 0 Å². The number of aryl methyl sites for hydroxylation is 1. The number of nitrogens with zero attached hydrogens (tertiary/aromatic N) is 3. The summed E-state index contributed by atoms with van der Waals surface area (Å²) in [5.74, 6) is 0.235. The van der Waals surface area contributed by atoms with E-state index in [9.17, 15) is 9.59 Å². The summed E-state index contributed by atoms with van der Waals surface area (Å²) in [6.45, 7) is 1.68. The summed E-state index contributed by atoms with van der Waals surface area (Å²) in [5.41, 5.74) is 2.72. The third-order valence-electron chi connectivity index (χ3n) is 4.19. The molecule has 2 aromatic heterocycles. The van der Waals surface area contributed by atoms with Crippen molar-refractivity contribution in [1.29, 1.82) is 0 Å². The van der Waals surface area contributed by atoms with Crippen molar-refractivity contribution < 1.29 is 4.79 Å².